The van der Waals surface area contributed by atoms with Gasteiger partial charge >= 0.3 is 6.18 Å². The average molecular weight is 506 g/mol. The van der Waals surface area contributed by atoms with Gasteiger partial charge in [-0.3, -0.25) is 14.6 Å². The van der Waals surface area contributed by atoms with Crippen molar-refractivity contribution in [3.63, 3.8) is 0 Å². The second-order valence-corrected chi connectivity index (χ2v) is 9.35. The van der Waals surface area contributed by atoms with Crippen molar-refractivity contribution in [2.75, 3.05) is 56.0 Å². The Morgan fingerprint density at radius 1 is 1.03 bits per heavy atom. The van der Waals surface area contributed by atoms with E-state index in [9.17, 15) is 18.0 Å². The zero-order chi connectivity index (χ0) is 25.0. The number of hydrogen-bond acceptors (Lipinski definition) is 5. The zero-order valence-corrected chi connectivity index (χ0v) is 20.0. The molecule has 2 aromatic carbocycles. The fourth-order valence-electron chi connectivity index (χ4n) is 4.56. The van der Waals surface area contributed by atoms with Gasteiger partial charge in [-0.05, 0) is 47.9 Å². The van der Waals surface area contributed by atoms with Gasteiger partial charge in [-0.1, -0.05) is 17.7 Å². The Labute approximate surface area is 207 Å². The van der Waals surface area contributed by atoms with Crippen LogP contribution in [0, 0.1) is 11.3 Å². The lowest BCUT2D eigenvalue weighted by molar-refractivity contribution is -0.138. The topological polar surface area (TPSA) is 62.6 Å². The highest BCUT2D eigenvalue weighted by atomic mass is 35.5. The molecule has 0 aliphatic carbocycles. The van der Waals surface area contributed by atoms with Crippen molar-refractivity contribution >= 4 is 28.9 Å². The summed E-state index contributed by atoms with van der Waals surface area (Å²) in [5, 5.41) is 12.5. The van der Waals surface area contributed by atoms with Crippen LogP contribution in [-0.4, -0.2) is 67.7 Å². The first kappa shape index (κ1) is 25.3. The predicted molar refractivity (Wildman–Crippen MR) is 130 cm³/mol. The molecule has 0 spiro atoms. The van der Waals surface area contributed by atoms with Gasteiger partial charge in [0, 0.05) is 56.4 Å². The number of rotatable bonds is 6. The van der Waals surface area contributed by atoms with Gasteiger partial charge in [0.2, 0.25) is 0 Å². The lowest BCUT2D eigenvalue weighted by Gasteiger charge is -2.37. The lowest BCUT2D eigenvalue weighted by Crippen LogP contribution is -2.47. The molecule has 1 fully saturated rings. The number of nitrogens with zero attached hydrogens (tertiary/aromatic N) is 4. The van der Waals surface area contributed by atoms with E-state index in [0.29, 0.717) is 55.5 Å². The molecule has 4 rings (SSSR count). The zero-order valence-electron chi connectivity index (χ0n) is 19.2. The normalized spacial score (nSPS) is 17.1. The van der Waals surface area contributed by atoms with E-state index in [-0.39, 0.29) is 12.5 Å². The molecule has 6 nitrogen and oxygen atoms in total. The summed E-state index contributed by atoms with van der Waals surface area (Å²) in [4.78, 5) is 19.0. The Balaban J connectivity index is 1.44. The fraction of sp³-hybridized carbons (Fsp3) is 0.440. The third-order valence-corrected chi connectivity index (χ3v) is 6.72. The van der Waals surface area contributed by atoms with E-state index >= 15 is 0 Å². The molecule has 2 aromatic rings. The van der Waals surface area contributed by atoms with Crippen LogP contribution in [0.15, 0.2) is 36.4 Å². The van der Waals surface area contributed by atoms with Crippen molar-refractivity contribution < 1.29 is 18.0 Å². The molecule has 0 atom stereocenters. The molecule has 2 aliphatic heterocycles. The number of carbonyl (C=O) groups is 1. The van der Waals surface area contributed by atoms with Crippen LogP contribution in [0.3, 0.4) is 0 Å². The molecule has 0 unspecified atom stereocenters. The van der Waals surface area contributed by atoms with Crippen LogP contribution in [0.25, 0.3) is 0 Å². The number of benzene rings is 2. The number of fused-ring (bicyclic) bond motifs is 1. The monoisotopic (exact) mass is 505 g/mol. The number of amides is 1. The van der Waals surface area contributed by atoms with E-state index in [1.807, 2.05) is 23.1 Å². The first-order chi connectivity index (χ1) is 16.7. The molecule has 0 aromatic heterocycles. The highest BCUT2D eigenvalue weighted by molar-refractivity contribution is 6.31. The smallest absolute Gasteiger partial charge is 0.367 e. The quantitative estimate of drug-likeness (QED) is 0.584. The minimum Gasteiger partial charge on any atom is -0.367 e. The summed E-state index contributed by atoms with van der Waals surface area (Å²) < 4.78 is 37.7. The number of alkyl halides is 3. The van der Waals surface area contributed by atoms with Gasteiger partial charge < -0.3 is 10.2 Å². The summed E-state index contributed by atoms with van der Waals surface area (Å²) in [5.41, 5.74) is 4.11. The van der Waals surface area contributed by atoms with Crippen LogP contribution < -0.4 is 10.2 Å². The minimum absolute atomic E-state index is 0.0133. The van der Waals surface area contributed by atoms with E-state index in [1.165, 1.54) is 5.56 Å². The number of halogens is 4. The molecule has 1 N–H and O–H groups in total. The second kappa shape index (κ2) is 10.9. The average Bonchev–Trinajstić information content (AvgIpc) is 2.83. The van der Waals surface area contributed by atoms with Crippen molar-refractivity contribution in [2.24, 2.45) is 0 Å². The summed E-state index contributed by atoms with van der Waals surface area (Å²) in [6.45, 7) is 3.87. The summed E-state index contributed by atoms with van der Waals surface area (Å²) >= 11 is 6.23. The maximum atomic E-state index is 13.1. The molecule has 2 heterocycles. The second-order valence-electron chi connectivity index (χ2n) is 8.91. The van der Waals surface area contributed by atoms with E-state index in [1.54, 1.807) is 23.1 Å². The molecular weight excluding hydrogens is 479 g/mol. The van der Waals surface area contributed by atoms with Gasteiger partial charge in [0.1, 0.15) is 0 Å². The van der Waals surface area contributed by atoms with Gasteiger partial charge in [0.25, 0.3) is 5.91 Å². The maximum Gasteiger partial charge on any atom is 0.390 e. The maximum absolute atomic E-state index is 13.1. The molecule has 2 aliphatic rings. The highest BCUT2D eigenvalue weighted by Crippen LogP contribution is 2.31. The number of nitriles is 1. The third-order valence-electron chi connectivity index (χ3n) is 6.49. The van der Waals surface area contributed by atoms with Crippen molar-refractivity contribution in [1.82, 2.24) is 9.80 Å². The molecule has 1 amide bonds. The Hall–Kier alpha value is -2.80. The van der Waals surface area contributed by atoms with E-state index in [4.69, 9.17) is 16.9 Å². The van der Waals surface area contributed by atoms with Gasteiger partial charge in [0.15, 0.2) is 0 Å². The van der Waals surface area contributed by atoms with Crippen LogP contribution in [0.1, 0.15) is 27.9 Å². The van der Waals surface area contributed by atoms with Gasteiger partial charge in [0.05, 0.1) is 30.4 Å². The van der Waals surface area contributed by atoms with Crippen LogP contribution in [0.4, 0.5) is 24.5 Å². The van der Waals surface area contributed by atoms with E-state index < -0.39 is 12.6 Å². The first-order valence-corrected chi connectivity index (χ1v) is 12.0. The number of piperazine rings is 1. The summed E-state index contributed by atoms with van der Waals surface area (Å²) in [7, 11) is 0. The van der Waals surface area contributed by atoms with Crippen LogP contribution in [-0.2, 0) is 13.0 Å². The SMILES string of the molecule is N#CCN1CCc2ccc(C(=O)Nc3ccc(Cl)cc3N3CCN(CCC(F)(F)F)CC3)cc2C1. The van der Waals surface area contributed by atoms with Crippen LogP contribution >= 0.6 is 11.6 Å². The molecule has 10 heteroatoms. The van der Waals surface area contributed by atoms with Crippen molar-refractivity contribution in [1.29, 1.82) is 5.26 Å². The molecule has 1 saturated heterocycles. The van der Waals surface area contributed by atoms with Crippen molar-refractivity contribution in [3.05, 3.63) is 58.1 Å². The van der Waals surface area contributed by atoms with Gasteiger partial charge in [-0.25, -0.2) is 0 Å². The number of anilines is 2. The van der Waals surface area contributed by atoms with Crippen molar-refractivity contribution in [2.45, 2.75) is 25.6 Å². The fourth-order valence-corrected chi connectivity index (χ4v) is 4.72. The summed E-state index contributed by atoms with van der Waals surface area (Å²) in [5.74, 6) is -0.252. The molecule has 0 bridgehead atoms. The van der Waals surface area contributed by atoms with Gasteiger partial charge in [-0.15, -0.1) is 0 Å². The van der Waals surface area contributed by atoms with E-state index in [0.717, 1.165) is 24.2 Å². The number of carbonyl (C=O) groups excluding carboxylic acids is 1. The number of hydrogen-bond donors (Lipinski definition) is 1. The number of nitrogens with one attached hydrogen (secondary N) is 1. The third kappa shape index (κ3) is 6.66. The first-order valence-electron chi connectivity index (χ1n) is 11.6. The largest absolute Gasteiger partial charge is 0.390 e. The molecule has 186 valence electrons. The highest BCUT2D eigenvalue weighted by Gasteiger charge is 2.29. The van der Waals surface area contributed by atoms with Crippen LogP contribution in [0.5, 0.6) is 0 Å². The van der Waals surface area contributed by atoms with Crippen molar-refractivity contribution in [3.8, 4) is 6.07 Å². The Morgan fingerprint density at radius 2 is 1.80 bits per heavy atom. The summed E-state index contributed by atoms with van der Waals surface area (Å²) in [6, 6.07) is 13.1. The van der Waals surface area contributed by atoms with E-state index in [2.05, 4.69) is 16.3 Å². The van der Waals surface area contributed by atoms with Gasteiger partial charge in [-0.2, -0.15) is 18.4 Å². The predicted octanol–water partition coefficient (Wildman–Crippen LogP) is 4.55. The molecule has 0 radical (unpaired) electrons. The lowest BCUT2D eigenvalue weighted by atomic mass is 9.97. The van der Waals surface area contributed by atoms with Crippen LogP contribution in [0.2, 0.25) is 5.02 Å². The Bertz CT molecular complexity index is 1110. The molecule has 35 heavy (non-hydrogen) atoms. The standard InChI is InChI=1S/C25H27ClF3N5O/c26-21-3-4-22(23(16-21)34-13-11-32(12-14-34)9-6-25(27,28)29)31-24(35)19-2-1-18-5-8-33(10-7-30)17-20(18)15-19/h1-4,15-16H,5-6,8-14,17H2,(H,31,35). The Morgan fingerprint density at radius 3 is 2.51 bits per heavy atom. The Kier molecular flexibility index (Phi) is 7.85. The summed E-state index contributed by atoms with van der Waals surface area (Å²) in [6.07, 6.45) is -4.14. The molecule has 0 saturated carbocycles. The minimum atomic E-state index is -4.16. The molecular formula is C25H27ClF3N5O.